The van der Waals surface area contributed by atoms with E-state index in [4.69, 9.17) is 4.74 Å². The van der Waals surface area contributed by atoms with Gasteiger partial charge in [-0.05, 0) is 38.8 Å². The molecule has 1 N–H and O–H groups in total. The van der Waals surface area contributed by atoms with Crippen LogP contribution < -0.4 is 9.50 Å². The predicted octanol–water partition coefficient (Wildman–Crippen LogP) is 3.06. The van der Waals surface area contributed by atoms with Gasteiger partial charge in [-0.2, -0.15) is 21.6 Å². The van der Waals surface area contributed by atoms with E-state index >= 15 is 0 Å². The molecule has 1 fully saturated rings. The minimum Gasteiger partial charge on any atom is -0.444 e. The fraction of sp³-hybridized carbons (Fsp3) is 0.579. The Hall–Kier alpha value is -2.64. The molecule has 2 rings (SSSR count). The summed E-state index contributed by atoms with van der Waals surface area (Å²) in [5.41, 5.74) is -6.86. The molecule has 1 heterocycles. The lowest BCUT2D eigenvalue weighted by molar-refractivity contribution is -0.132. The molecule has 14 heteroatoms. The second-order valence-corrected chi connectivity index (χ2v) is 9.85. The first-order valence-corrected chi connectivity index (χ1v) is 11.1. The van der Waals surface area contributed by atoms with Crippen LogP contribution in [0.1, 0.15) is 32.8 Å². The molecule has 0 radical (unpaired) electrons. The fourth-order valence-electron chi connectivity index (χ4n) is 2.93. The van der Waals surface area contributed by atoms with Crippen LogP contribution >= 0.6 is 0 Å². The average Bonchev–Trinajstić information content (AvgIpc) is 3.06. The van der Waals surface area contributed by atoms with Gasteiger partial charge in [0, 0.05) is 19.0 Å². The Kier molecular flexibility index (Phi) is 7.82. The lowest BCUT2D eigenvalue weighted by Crippen LogP contribution is -2.50. The van der Waals surface area contributed by atoms with Gasteiger partial charge in [0.1, 0.15) is 29.4 Å². The van der Waals surface area contributed by atoms with Crippen LogP contribution in [0.2, 0.25) is 0 Å². The van der Waals surface area contributed by atoms with Crippen molar-refractivity contribution < 1.29 is 48.9 Å². The Balaban J connectivity index is 2.24. The first-order valence-electron chi connectivity index (χ1n) is 9.70. The highest BCUT2D eigenvalue weighted by Gasteiger charge is 2.48. The van der Waals surface area contributed by atoms with E-state index in [0.29, 0.717) is 6.07 Å². The molecule has 2 amide bonds. The van der Waals surface area contributed by atoms with Crippen molar-refractivity contribution in [2.24, 2.45) is 0 Å². The van der Waals surface area contributed by atoms with Gasteiger partial charge in [0.05, 0.1) is 6.54 Å². The number of carbonyl (C=O) groups excluding carboxylic acids is 2. The largest absolute Gasteiger partial charge is 0.534 e. The number of halogens is 5. The molecule has 1 unspecified atom stereocenters. The molecule has 1 aromatic rings. The van der Waals surface area contributed by atoms with Crippen molar-refractivity contribution >= 4 is 22.1 Å². The Labute approximate surface area is 187 Å². The van der Waals surface area contributed by atoms with Crippen molar-refractivity contribution in [1.29, 1.82) is 0 Å². The molecule has 1 aromatic carbocycles. The van der Waals surface area contributed by atoms with Gasteiger partial charge >= 0.3 is 21.7 Å². The number of nitrogens with zero attached hydrogens (tertiary/aromatic N) is 1. The molecule has 0 aromatic heterocycles. The molecule has 1 aliphatic heterocycles. The van der Waals surface area contributed by atoms with Crippen molar-refractivity contribution in [3.63, 3.8) is 0 Å². The number of ether oxygens (including phenoxy) is 1. The van der Waals surface area contributed by atoms with E-state index in [1.54, 1.807) is 20.8 Å². The van der Waals surface area contributed by atoms with Crippen LogP contribution in [-0.2, 0) is 26.1 Å². The van der Waals surface area contributed by atoms with E-state index in [0.717, 1.165) is 17.0 Å². The average molecular weight is 502 g/mol. The number of alkyl carbamates (subject to hydrolysis) is 1. The van der Waals surface area contributed by atoms with Crippen LogP contribution in [0.25, 0.3) is 0 Å². The normalized spacial score (nSPS) is 18.1. The first kappa shape index (κ1) is 26.6. The molecule has 0 aliphatic carbocycles. The van der Waals surface area contributed by atoms with E-state index in [1.165, 1.54) is 0 Å². The van der Waals surface area contributed by atoms with E-state index in [2.05, 4.69) is 9.50 Å². The van der Waals surface area contributed by atoms with Gasteiger partial charge in [-0.15, -0.1) is 0 Å². The minimum absolute atomic E-state index is 0.0804. The van der Waals surface area contributed by atoms with Gasteiger partial charge in [-0.1, -0.05) is 6.07 Å². The third kappa shape index (κ3) is 7.44. The molecular weight excluding hydrogens is 479 g/mol. The summed E-state index contributed by atoms with van der Waals surface area (Å²) in [5.74, 6) is -2.82. The lowest BCUT2D eigenvalue weighted by atomic mass is 10.0. The molecule has 1 saturated heterocycles. The zero-order valence-electron chi connectivity index (χ0n) is 17.9. The monoisotopic (exact) mass is 502 g/mol. The maximum absolute atomic E-state index is 14.5. The van der Waals surface area contributed by atoms with Crippen molar-refractivity contribution in [2.45, 2.75) is 56.9 Å². The third-order valence-corrected chi connectivity index (χ3v) is 5.35. The Bertz CT molecular complexity index is 993. The number of likely N-dealkylation sites (tertiary alicyclic amines) is 1. The van der Waals surface area contributed by atoms with E-state index in [9.17, 15) is 40.0 Å². The highest BCUT2D eigenvalue weighted by Crippen LogP contribution is 2.28. The summed E-state index contributed by atoms with van der Waals surface area (Å²) in [7, 11) is -6.00. The van der Waals surface area contributed by atoms with E-state index in [-0.39, 0.29) is 25.1 Å². The van der Waals surface area contributed by atoms with Gasteiger partial charge in [0.15, 0.2) is 0 Å². The zero-order chi connectivity index (χ0) is 25.2. The van der Waals surface area contributed by atoms with Gasteiger partial charge in [-0.3, -0.25) is 4.79 Å². The van der Waals surface area contributed by atoms with Crippen molar-refractivity contribution in [1.82, 2.24) is 10.2 Å². The number of hydrogen-bond donors (Lipinski definition) is 1. The van der Waals surface area contributed by atoms with Crippen LogP contribution in [-0.4, -0.2) is 61.7 Å². The fourth-order valence-corrected chi connectivity index (χ4v) is 3.38. The van der Waals surface area contributed by atoms with Gasteiger partial charge < -0.3 is 19.1 Å². The second-order valence-electron chi connectivity index (χ2n) is 8.31. The van der Waals surface area contributed by atoms with Gasteiger partial charge in [0.2, 0.25) is 5.91 Å². The molecule has 0 bridgehead atoms. The minimum atomic E-state index is -6.00. The maximum Gasteiger partial charge on any atom is 0.534 e. The van der Waals surface area contributed by atoms with Crippen molar-refractivity contribution in [2.75, 3.05) is 13.1 Å². The number of rotatable bonds is 6. The molecule has 8 nitrogen and oxygen atoms in total. The smallest absolute Gasteiger partial charge is 0.444 e. The highest BCUT2D eigenvalue weighted by atomic mass is 32.2. The zero-order valence-corrected chi connectivity index (χ0v) is 18.7. The number of nitrogens with one attached hydrogen (secondary N) is 1. The molecule has 1 aliphatic rings. The summed E-state index contributed by atoms with van der Waals surface area (Å²) in [5, 5.41) is 2.30. The van der Waals surface area contributed by atoms with Crippen LogP contribution in [0.5, 0.6) is 5.75 Å². The molecule has 2 atom stereocenters. The predicted molar refractivity (Wildman–Crippen MR) is 105 cm³/mol. The Morgan fingerprint density at radius 3 is 2.36 bits per heavy atom. The number of carbonyl (C=O) groups is 2. The second kappa shape index (κ2) is 9.69. The summed E-state index contributed by atoms with van der Waals surface area (Å²) < 4.78 is 96.5. The summed E-state index contributed by atoms with van der Waals surface area (Å²) in [4.78, 5) is 26.1. The lowest BCUT2D eigenvalue weighted by Gasteiger charge is -2.26. The van der Waals surface area contributed by atoms with Crippen LogP contribution in [0.15, 0.2) is 18.2 Å². The summed E-state index contributed by atoms with van der Waals surface area (Å²) in [6.07, 6.45) is -2.61. The van der Waals surface area contributed by atoms with Gasteiger partial charge in [0.25, 0.3) is 0 Å². The molecule has 0 saturated carbocycles. The maximum atomic E-state index is 14.5. The van der Waals surface area contributed by atoms with E-state index < -0.39 is 63.4 Å². The Morgan fingerprint density at radius 1 is 1.24 bits per heavy atom. The first-order chi connectivity index (χ1) is 15.0. The molecule has 0 spiro atoms. The number of benzene rings is 1. The number of hydrogen-bond acceptors (Lipinski definition) is 6. The van der Waals surface area contributed by atoms with Crippen LogP contribution in [0, 0.1) is 5.82 Å². The van der Waals surface area contributed by atoms with Crippen molar-refractivity contribution in [3.8, 4) is 5.75 Å². The summed E-state index contributed by atoms with van der Waals surface area (Å²) in [6.45, 7) is 4.59. The summed E-state index contributed by atoms with van der Waals surface area (Å²) in [6, 6.07) is 0.700. The standard InChI is InChI=1S/C19H23F5N2O6S/c1-18(2,3)31-17(28)25-15(16(27)26-7-6-12(20)10-26)8-11-4-5-13(9-14(11)21)32-33(29,30)19(22,23)24/h4-5,9,12,15H,6-8,10H2,1-3H3,(H,25,28)/t12?,15-/m0/s1. The summed E-state index contributed by atoms with van der Waals surface area (Å²) >= 11 is 0. The highest BCUT2D eigenvalue weighted by molar-refractivity contribution is 7.88. The quantitative estimate of drug-likeness (QED) is 0.365. The molecule has 33 heavy (non-hydrogen) atoms. The number of alkyl halides is 4. The number of amides is 2. The molecular formula is C19H23F5N2O6S. The van der Waals surface area contributed by atoms with Crippen LogP contribution in [0.3, 0.4) is 0 Å². The van der Waals surface area contributed by atoms with Crippen molar-refractivity contribution in [3.05, 3.63) is 29.6 Å². The molecule has 186 valence electrons. The van der Waals surface area contributed by atoms with Gasteiger partial charge in [-0.25, -0.2) is 13.6 Å². The van der Waals surface area contributed by atoms with E-state index in [1.807, 2.05) is 0 Å². The third-order valence-electron chi connectivity index (χ3n) is 4.37. The topological polar surface area (TPSA) is 102 Å². The SMILES string of the molecule is CC(C)(C)OC(=O)N[C@@H](Cc1ccc(OS(=O)(=O)C(F)(F)F)cc1F)C(=O)N1CCC(F)C1. The Morgan fingerprint density at radius 2 is 1.88 bits per heavy atom. The van der Waals surface area contributed by atoms with Crippen LogP contribution in [0.4, 0.5) is 26.7 Å².